The van der Waals surface area contributed by atoms with Gasteiger partial charge >= 0.3 is 5.97 Å². The third kappa shape index (κ3) is 41.8. The molecule has 55 heavy (non-hydrogen) atoms. The van der Waals surface area contributed by atoms with E-state index in [2.05, 4.69) is 43.5 Å². The first-order valence-electron chi connectivity index (χ1n) is 24.1. The van der Waals surface area contributed by atoms with Crippen molar-refractivity contribution in [3.05, 3.63) is 24.3 Å². The maximum Gasteiger partial charge on any atom is 0.305 e. The first-order chi connectivity index (χ1) is 27.0. The monoisotopic (exact) mass is 776 g/mol. The van der Waals surface area contributed by atoms with Gasteiger partial charge in [-0.2, -0.15) is 0 Å². The summed E-state index contributed by atoms with van der Waals surface area (Å²) in [4.78, 5) is 24.4. The van der Waals surface area contributed by atoms with Gasteiger partial charge in [-0.3, -0.25) is 9.59 Å². The van der Waals surface area contributed by atoms with E-state index in [0.717, 1.165) is 70.6 Å². The summed E-state index contributed by atoms with van der Waals surface area (Å²) in [6.07, 6.45) is 51.3. The fraction of sp³-hybridized carbons (Fsp3) is 0.878. The van der Waals surface area contributed by atoms with Crippen LogP contribution in [-0.2, 0) is 14.3 Å². The summed E-state index contributed by atoms with van der Waals surface area (Å²) in [5.41, 5.74) is 0. The van der Waals surface area contributed by atoms with Crippen molar-refractivity contribution in [1.82, 2.24) is 5.32 Å². The Morgan fingerprint density at radius 2 is 0.909 bits per heavy atom. The lowest BCUT2D eigenvalue weighted by Gasteiger charge is -2.22. The Bertz CT molecular complexity index is 858. The lowest BCUT2D eigenvalue weighted by Crippen LogP contribution is -2.45. The SMILES string of the molecule is CCCCC/C=C\C/C=C\CCCCCCCC(=O)OCCCCCCCCCCCCC(=O)NC(CO)C(O)CCCCCCCCCCCCCCC. The highest BCUT2D eigenvalue weighted by molar-refractivity contribution is 5.76. The number of hydrogen-bond donors (Lipinski definition) is 3. The normalized spacial score (nSPS) is 12.9. The number of esters is 1. The Morgan fingerprint density at radius 1 is 0.509 bits per heavy atom. The highest BCUT2D eigenvalue weighted by Crippen LogP contribution is 2.16. The van der Waals surface area contributed by atoms with E-state index in [1.54, 1.807) is 0 Å². The van der Waals surface area contributed by atoms with Gasteiger partial charge in [-0.1, -0.05) is 205 Å². The molecule has 0 radical (unpaired) electrons. The van der Waals surface area contributed by atoms with Gasteiger partial charge in [0.25, 0.3) is 0 Å². The minimum atomic E-state index is -0.678. The van der Waals surface area contributed by atoms with Crippen LogP contribution in [0.2, 0.25) is 0 Å². The number of nitrogens with one attached hydrogen (secondary N) is 1. The van der Waals surface area contributed by atoms with Gasteiger partial charge in [-0.05, 0) is 57.8 Å². The zero-order valence-electron chi connectivity index (χ0n) is 36.7. The van der Waals surface area contributed by atoms with Crippen LogP contribution >= 0.6 is 0 Å². The number of carbonyl (C=O) groups is 2. The maximum absolute atomic E-state index is 12.4. The molecule has 6 heteroatoms. The Balaban J connectivity index is 3.50. The molecule has 0 heterocycles. The molecule has 1 amide bonds. The minimum absolute atomic E-state index is 0.0332. The number of hydrogen-bond acceptors (Lipinski definition) is 5. The third-order valence-electron chi connectivity index (χ3n) is 11.0. The second kappa shape index (κ2) is 45.0. The number of rotatable bonds is 44. The molecule has 2 unspecified atom stereocenters. The van der Waals surface area contributed by atoms with Crippen LogP contribution in [0.1, 0.15) is 251 Å². The van der Waals surface area contributed by atoms with Crippen LogP contribution in [0.15, 0.2) is 24.3 Å². The van der Waals surface area contributed by atoms with Crippen LogP contribution in [0.4, 0.5) is 0 Å². The molecule has 0 spiro atoms. The van der Waals surface area contributed by atoms with Crippen molar-refractivity contribution >= 4 is 11.9 Å². The lowest BCUT2D eigenvalue weighted by molar-refractivity contribution is -0.143. The van der Waals surface area contributed by atoms with Gasteiger partial charge in [0.15, 0.2) is 0 Å². The van der Waals surface area contributed by atoms with Crippen LogP contribution in [0.3, 0.4) is 0 Å². The Labute approximate surface area is 341 Å². The molecule has 0 saturated carbocycles. The number of allylic oxidation sites excluding steroid dienone is 4. The fourth-order valence-electron chi connectivity index (χ4n) is 7.26. The second-order valence-electron chi connectivity index (χ2n) is 16.4. The van der Waals surface area contributed by atoms with E-state index in [9.17, 15) is 19.8 Å². The van der Waals surface area contributed by atoms with Gasteiger partial charge in [0.1, 0.15) is 0 Å². The first kappa shape index (κ1) is 53.3. The number of ether oxygens (including phenoxy) is 1. The van der Waals surface area contributed by atoms with Crippen molar-refractivity contribution < 1.29 is 24.5 Å². The molecule has 0 bridgehead atoms. The molecule has 0 aromatic heterocycles. The summed E-state index contributed by atoms with van der Waals surface area (Å²) in [5.74, 6) is -0.0927. The van der Waals surface area contributed by atoms with Gasteiger partial charge in [0.2, 0.25) is 5.91 Å². The molecule has 324 valence electrons. The van der Waals surface area contributed by atoms with E-state index in [4.69, 9.17) is 4.74 Å². The highest BCUT2D eigenvalue weighted by Gasteiger charge is 2.20. The molecular weight excluding hydrogens is 683 g/mol. The van der Waals surface area contributed by atoms with Gasteiger partial charge in [-0.25, -0.2) is 0 Å². The predicted octanol–water partition coefficient (Wildman–Crippen LogP) is 14.0. The quantitative estimate of drug-likeness (QED) is 0.0325. The highest BCUT2D eigenvalue weighted by atomic mass is 16.5. The third-order valence-corrected chi connectivity index (χ3v) is 11.0. The van der Waals surface area contributed by atoms with E-state index >= 15 is 0 Å². The standard InChI is InChI=1S/C49H93NO5/c1-3-5-7-9-11-13-15-17-18-20-22-27-31-35-39-43-49(54)55-44-40-36-32-28-24-23-26-30-34-38-42-48(53)50-46(45-51)47(52)41-37-33-29-25-21-19-16-14-12-10-8-6-4-2/h11,13,17-18,46-47,51-52H,3-10,12,14-16,19-45H2,1-2H3,(H,50,53)/b13-11-,18-17-. The molecule has 2 atom stereocenters. The molecule has 0 aliphatic carbocycles. The molecule has 0 aromatic carbocycles. The van der Waals surface area contributed by atoms with E-state index in [1.165, 1.54) is 148 Å². The largest absolute Gasteiger partial charge is 0.466 e. The number of unbranched alkanes of at least 4 members (excludes halogenated alkanes) is 29. The number of aliphatic hydroxyl groups excluding tert-OH is 2. The molecular formula is C49H93NO5. The minimum Gasteiger partial charge on any atom is -0.466 e. The molecule has 0 rings (SSSR count). The van der Waals surface area contributed by atoms with E-state index in [0.29, 0.717) is 25.9 Å². The average Bonchev–Trinajstić information content (AvgIpc) is 3.18. The zero-order chi connectivity index (χ0) is 40.1. The zero-order valence-corrected chi connectivity index (χ0v) is 36.7. The van der Waals surface area contributed by atoms with E-state index < -0.39 is 12.1 Å². The van der Waals surface area contributed by atoms with Gasteiger partial charge < -0.3 is 20.3 Å². The van der Waals surface area contributed by atoms with Crippen molar-refractivity contribution in [2.75, 3.05) is 13.2 Å². The fourth-order valence-corrected chi connectivity index (χ4v) is 7.26. The van der Waals surface area contributed by atoms with Crippen molar-refractivity contribution in [3.63, 3.8) is 0 Å². The molecule has 0 aliphatic rings. The second-order valence-corrected chi connectivity index (χ2v) is 16.4. The van der Waals surface area contributed by atoms with Crippen LogP contribution in [0.5, 0.6) is 0 Å². The summed E-state index contributed by atoms with van der Waals surface area (Å²) in [6.45, 7) is 4.86. The molecule has 0 aromatic rings. The molecule has 3 N–H and O–H groups in total. The smallest absolute Gasteiger partial charge is 0.305 e. The topological polar surface area (TPSA) is 95.9 Å². The number of aliphatic hydroxyl groups is 2. The van der Waals surface area contributed by atoms with Crippen molar-refractivity contribution in [1.29, 1.82) is 0 Å². The molecule has 0 fully saturated rings. The average molecular weight is 776 g/mol. The number of amides is 1. The Kier molecular flexibility index (Phi) is 43.7. The maximum atomic E-state index is 12.4. The summed E-state index contributed by atoms with van der Waals surface area (Å²) in [7, 11) is 0. The van der Waals surface area contributed by atoms with Crippen LogP contribution in [-0.4, -0.2) is 47.4 Å². The van der Waals surface area contributed by atoms with Gasteiger partial charge in [-0.15, -0.1) is 0 Å². The van der Waals surface area contributed by atoms with Crippen LogP contribution in [0, 0.1) is 0 Å². The van der Waals surface area contributed by atoms with Crippen molar-refractivity contribution in [2.45, 2.75) is 264 Å². The Hall–Kier alpha value is -1.66. The first-order valence-corrected chi connectivity index (χ1v) is 24.1. The van der Waals surface area contributed by atoms with E-state index in [1.807, 2.05) is 0 Å². The Morgan fingerprint density at radius 3 is 1.42 bits per heavy atom. The predicted molar refractivity (Wildman–Crippen MR) is 236 cm³/mol. The van der Waals surface area contributed by atoms with Crippen LogP contribution in [0.25, 0.3) is 0 Å². The summed E-state index contributed by atoms with van der Waals surface area (Å²) >= 11 is 0. The van der Waals surface area contributed by atoms with Gasteiger partial charge in [0, 0.05) is 12.8 Å². The van der Waals surface area contributed by atoms with Crippen molar-refractivity contribution in [2.24, 2.45) is 0 Å². The molecule has 0 aliphatic heterocycles. The summed E-state index contributed by atoms with van der Waals surface area (Å²) in [5, 5.41) is 23.1. The molecule has 0 saturated heterocycles. The van der Waals surface area contributed by atoms with Crippen LogP contribution < -0.4 is 5.32 Å². The summed E-state index contributed by atoms with van der Waals surface area (Å²) in [6, 6.07) is -0.558. The lowest BCUT2D eigenvalue weighted by atomic mass is 10.0. The summed E-state index contributed by atoms with van der Waals surface area (Å²) < 4.78 is 5.44. The molecule has 6 nitrogen and oxygen atoms in total. The van der Waals surface area contributed by atoms with Crippen molar-refractivity contribution in [3.8, 4) is 0 Å². The number of carbonyl (C=O) groups excluding carboxylic acids is 2. The van der Waals surface area contributed by atoms with E-state index in [-0.39, 0.29) is 18.5 Å². The van der Waals surface area contributed by atoms with Gasteiger partial charge in [0.05, 0.1) is 25.4 Å².